The van der Waals surface area contributed by atoms with Crippen LogP contribution < -0.4 is 5.32 Å². The van der Waals surface area contributed by atoms with Gasteiger partial charge >= 0.3 is 0 Å². The highest BCUT2D eigenvalue weighted by Crippen LogP contribution is 2.53. The van der Waals surface area contributed by atoms with Crippen molar-refractivity contribution >= 4 is 38.6 Å². The summed E-state index contributed by atoms with van der Waals surface area (Å²) >= 11 is 0. The predicted octanol–water partition coefficient (Wildman–Crippen LogP) is 6.43. The van der Waals surface area contributed by atoms with E-state index in [0.29, 0.717) is 30.6 Å². The molecule has 0 bridgehead atoms. The monoisotopic (exact) mass is 588 g/mol. The molecule has 7 heteroatoms. The Kier molecular flexibility index (Phi) is 5.46. The molecule has 220 valence electrons. The van der Waals surface area contributed by atoms with Crippen molar-refractivity contribution in [1.82, 2.24) is 30.2 Å². The zero-order chi connectivity index (χ0) is 29.6. The third kappa shape index (κ3) is 4.40. The largest absolute Gasteiger partial charge is 0.341 e. The molecule has 10 rings (SSSR count). The third-order valence-electron chi connectivity index (χ3n) is 10.5. The third-order valence-corrected chi connectivity index (χ3v) is 10.5. The highest BCUT2D eigenvalue weighted by Gasteiger charge is 2.53. The minimum Gasteiger partial charge on any atom is -0.341 e. The zero-order valence-corrected chi connectivity index (χ0v) is 24.8. The number of H-pyrrole nitrogens is 2. The first-order valence-electron chi connectivity index (χ1n) is 16.2. The summed E-state index contributed by atoms with van der Waals surface area (Å²) in [4.78, 5) is 32.6. The summed E-state index contributed by atoms with van der Waals surface area (Å²) in [7, 11) is 0. The summed E-state index contributed by atoms with van der Waals surface area (Å²) in [6, 6.07) is 28.2. The van der Waals surface area contributed by atoms with Crippen LogP contribution >= 0.6 is 0 Å². The van der Waals surface area contributed by atoms with E-state index in [0.717, 1.165) is 73.5 Å². The molecule has 4 aromatic carbocycles. The highest BCUT2D eigenvalue weighted by atomic mass is 16.1. The molecule has 2 aliphatic carbocycles. The lowest BCUT2D eigenvalue weighted by Crippen LogP contribution is -2.33. The lowest BCUT2D eigenvalue weighted by molar-refractivity contribution is 0.0899. The Hall–Kier alpha value is -4.77. The van der Waals surface area contributed by atoms with E-state index < -0.39 is 0 Å². The first-order chi connectivity index (χ1) is 22.1. The Morgan fingerprint density at radius 2 is 1.64 bits per heavy atom. The summed E-state index contributed by atoms with van der Waals surface area (Å²) in [5.41, 5.74) is 6.76. The topological polar surface area (TPSA) is 89.7 Å². The van der Waals surface area contributed by atoms with Crippen molar-refractivity contribution in [3.8, 4) is 11.8 Å². The van der Waals surface area contributed by atoms with E-state index in [1.54, 1.807) is 0 Å². The van der Waals surface area contributed by atoms with Crippen LogP contribution in [0.2, 0.25) is 0 Å². The van der Waals surface area contributed by atoms with Gasteiger partial charge in [0.2, 0.25) is 0 Å². The smallest absolute Gasteiger partial charge is 0.176 e. The SMILES string of the molecule is O=C(CN1[C@@H]2C[C@@H]2C[C@H]1c1nc2c(ccc3cc(C#Cc4ccc5nc([C@@H]6C[C@H]7C[C@H]7N6)[nH]c5c4)ccc32)[nH]1)c1ccccc1. The fourth-order valence-electron chi connectivity index (χ4n) is 7.93. The van der Waals surface area contributed by atoms with Crippen molar-refractivity contribution in [2.24, 2.45) is 11.8 Å². The van der Waals surface area contributed by atoms with Crippen LogP contribution in [0.15, 0.2) is 78.9 Å². The Balaban J connectivity index is 0.907. The molecule has 7 nitrogen and oxygen atoms in total. The second-order valence-electron chi connectivity index (χ2n) is 13.5. The number of nitrogens with zero attached hydrogens (tertiary/aromatic N) is 3. The van der Waals surface area contributed by atoms with E-state index in [4.69, 9.17) is 9.97 Å². The zero-order valence-electron chi connectivity index (χ0n) is 24.8. The van der Waals surface area contributed by atoms with Crippen LogP contribution in [-0.4, -0.2) is 49.2 Å². The number of likely N-dealkylation sites (tertiary alicyclic amines) is 1. The van der Waals surface area contributed by atoms with E-state index in [2.05, 4.69) is 80.6 Å². The van der Waals surface area contributed by atoms with Crippen LogP contribution in [0.1, 0.15) is 70.9 Å². The average Bonchev–Trinajstić information content (AvgIpc) is 3.70. The van der Waals surface area contributed by atoms with Gasteiger partial charge < -0.3 is 15.3 Å². The van der Waals surface area contributed by atoms with Crippen LogP contribution in [0.3, 0.4) is 0 Å². The molecule has 6 aromatic rings. The molecule has 4 fully saturated rings. The highest BCUT2D eigenvalue weighted by molar-refractivity contribution is 6.04. The number of hydrogen-bond acceptors (Lipinski definition) is 5. The second kappa shape index (κ2) is 9.61. The molecule has 0 radical (unpaired) electrons. The van der Waals surface area contributed by atoms with Crippen LogP contribution in [0.4, 0.5) is 0 Å². The van der Waals surface area contributed by atoms with E-state index in [1.807, 2.05) is 30.3 Å². The van der Waals surface area contributed by atoms with Crippen LogP contribution in [0, 0.1) is 23.7 Å². The van der Waals surface area contributed by atoms with Crippen LogP contribution in [0.5, 0.6) is 0 Å². The maximum atomic E-state index is 13.1. The number of carbonyl (C=O) groups excluding carboxylic acids is 1. The number of carbonyl (C=O) groups is 1. The van der Waals surface area contributed by atoms with E-state index in [9.17, 15) is 4.79 Å². The molecule has 4 aliphatic rings. The number of benzene rings is 4. The summed E-state index contributed by atoms with van der Waals surface area (Å²) in [5, 5.41) is 5.91. The first kappa shape index (κ1) is 25.5. The van der Waals surface area contributed by atoms with Gasteiger partial charge in [-0.2, -0.15) is 0 Å². The van der Waals surface area contributed by atoms with Crippen molar-refractivity contribution in [3.63, 3.8) is 0 Å². The maximum absolute atomic E-state index is 13.1. The Morgan fingerprint density at radius 3 is 2.51 bits per heavy atom. The fraction of sp³-hybridized carbons (Fsp3) is 0.289. The average molecular weight is 589 g/mol. The maximum Gasteiger partial charge on any atom is 0.176 e. The first-order valence-corrected chi connectivity index (χ1v) is 16.2. The lowest BCUT2D eigenvalue weighted by atomic mass is 10.1. The molecule has 45 heavy (non-hydrogen) atoms. The standard InChI is InChI=1S/C38H32N6O/c45-35(23-4-2-1-3-5-23)20-44-33-18-26(33)19-34(44)38-41-29-13-10-24-14-21(8-11-27(24)36(29)43-38)6-7-22-9-12-28-31(15-22)42-37(40-28)32-17-25-16-30(25)39-32/h1-5,8-15,25-26,30,32-34,39H,16-20H2,(H,40,42)(H,41,43)/t25-,26-,30-,32+,33-,34+/m1/s1. The molecule has 2 aliphatic heterocycles. The van der Waals surface area contributed by atoms with Gasteiger partial charge in [-0.1, -0.05) is 54.3 Å². The fourth-order valence-corrected chi connectivity index (χ4v) is 7.93. The van der Waals surface area contributed by atoms with Gasteiger partial charge in [0.05, 0.1) is 40.7 Å². The van der Waals surface area contributed by atoms with Crippen LogP contribution in [-0.2, 0) is 0 Å². The molecule has 0 spiro atoms. The molecule has 6 atom stereocenters. The van der Waals surface area contributed by atoms with Crippen molar-refractivity contribution < 1.29 is 4.79 Å². The molecule has 2 saturated carbocycles. The van der Waals surface area contributed by atoms with Crippen molar-refractivity contribution in [3.05, 3.63) is 107 Å². The van der Waals surface area contributed by atoms with Gasteiger partial charge in [0, 0.05) is 34.2 Å². The van der Waals surface area contributed by atoms with Gasteiger partial charge in [0.15, 0.2) is 5.78 Å². The van der Waals surface area contributed by atoms with Gasteiger partial charge in [-0.25, -0.2) is 9.97 Å². The minimum absolute atomic E-state index is 0.136. The number of aromatic amines is 2. The number of nitrogens with one attached hydrogen (secondary N) is 3. The van der Waals surface area contributed by atoms with Crippen molar-refractivity contribution in [2.75, 3.05) is 6.54 Å². The van der Waals surface area contributed by atoms with Gasteiger partial charge in [0.25, 0.3) is 0 Å². The second-order valence-corrected chi connectivity index (χ2v) is 13.5. The van der Waals surface area contributed by atoms with E-state index >= 15 is 0 Å². The van der Waals surface area contributed by atoms with Gasteiger partial charge in [0.1, 0.15) is 11.6 Å². The molecule has 3 N–H and O–H groups in total. The number of rotatable bonds is 5. The normalized spacial score (nSPS) is 26.6. The Labute approximate surface area is 260 Å². The molecule has 2 aromatic heterocycles. The summed E-state index contributed by atoms with van der Waals surface area (Å²) in [5.74, 6) is 10.4. The van der Waals surface area contributed by atoms with Crippen LogP contribution in [0.25, 0.3) is 32.8 Å². The van der Waals surface area contributed by atoms with E-state index in [1.165, 1.54) is 19.3 Å². The molecular weight excluding hydrogens is 556 g/mol. The number of ketones is 1. The Bertz CT molecular complexity index is 2210. The molecule has 2 saturated heterocycles. The van der Waals surface area contributed by atoms with Crippen molar-refractivity contribution in [2.45, 2.75) is 49.9 Å². The molecule has 0 amide bonds. The van der Waals surface area contributed by atoms with Crippen molar-refractivity contribution in [1.29, 1.82) is 0 Å². The molecule has 4 heterocycles. The number of aromatic nitrogens is 4. The Morgan fingerprint density at radius 1 is 0.800 bits per heavy atom. The number of Topliss-reactive ketones (excluding diaryl/α,β-unsaturated/α-hetero) is 1. The summed E-state index contributed by atoms with van der Waals surface area (Å²) in [6.45, 7) is 0.433. The summed E-state index contributed by atoms with van der Waals surface area (Å²) < 4.78 is 0. The minimum atomic E-state index is 0.136. The number of piperidine rings is 2. The number of fused-ring (bicyclic) bond motifs is 6. The van der Waals surface area contributed by atoms with Gasteiger partial charge in [-0.05, 0) is 79.3 Å². The molecular formula is C38H32N6O. The van der Waals surface area contributed by atoms with E-state index in [-0.39, 0.29) is 11.8 Å². The number of hydrogen-bond donors (Lipinski definition) is 3. The predicted molar refractivity (Wildman–Crippen MR) is 175 cm³/mol. The lowest BCUT2D eigenvalue weighted by Gasteiger charge is -2.25. The van der Waals surface area contributed by atoms with Gasteiger partial charge in [-0.15, -0.1) is 0 Å². The number of imidazole rings is 2. The molecule has 0 unspecified atom stereocenters. The summed E-state index contributed by atoms with van der Waals surface area (Å²) in [6.07, 6.45) is 4.73. The van der Waals surface area contributed by atoms with Gasteiger partial charge in [-0.3, -0.25) is 9.69 Å². The quantitative estimate of drug-likeness (QED) is 0.160.